The topological polar surface area (TPSA) is 39.1 Å². The molecule has 4 nitrogen and oxygen atoms in total. The third kappa shape index (κ3) is 4.35. The van der Waals surface area contributed by atoms with Crippen LogP contribution in [0.4, 0.5) is 0 Å². The Balaban J connectivity index is 2.07. The van der Waals surface area contributed by atoms with Crippen molar-refractivity contribution < 1.29 is 4.74 Å². The molecule has 0 bridgehead atoms. The molecule has 0 aliphatic rings. The van der Waals surface area contributed by atoms with E-state index in [0.717, 1.165) is 25.4 Å². The third-order valence-electron chi connectivity index (χ3n) is 2.20. The first-order valence-electron chi connectivity index (χ1n) is 5.31. The van der Waals surface area contributed by atoms with Crippen LogP contribution in [0.1, 0.15) is 12.2 Å². The Morgan fingerprint density at radius 2 is 2.44 bits per heavy atom. The summed E-state index contributed by atoms with van der Waals surface area (Å²) in [7, 11) is 1.90. The molecule has 0 radical (unpaired) electrons. The van der Waals surface area contributed by atoms with Gasteiger partial charge in [0.1, 0.15) is 11.0 Å². The van der Waals surface area contributed by atoms with E-state index in [1.807, 2.05) is 17.7 Å². The molecule has 16 heavy (non-hydrogen) atoms. The van der Waals surface area contributed by atoms with Crippen LogP contribution in [-0.2, 0) is 18.3 Å². The van der Waals surface area contributed by atoms with Crippen LogP contribution in [0.3, 0.4) is 0 Å². The van der Waals surface area contributed by atoms with Gasteiger partial charge in [0.15, 0.2) is 0 Å². The van der Waals surface area contributed by atoms with E-state index in [0.29, 0.717) is 18.3 Å². The van der Waals surface area contributed by atoms with E-state index in [-0.39, 0.29) is 0 Å². The summed E-state index contributed by atoms with van der Waals surface area (Å²) in [6.45, 7) is 6.57. The largest absolute Gasteiger partial charge is 0.380 e. The number of imidazole rings is 1. The van der Waals surface area contributed by atoms with Crippen molar-refractivity contribution in [1.82, 2.24) is 14.9 Å². The molecule has 0 atom stereocenters. The van der Waals surface area contributed by atoms with Crippen LogP contribution in [0.15, 0.2) is 18.9 Å². The molecule has 0 spiro atoms. The standard InChI is InChI=1S/C11H18ClN3O/c1-3-4-6-16-7-5-13-9-11-14-8-10(12)15(11)2/h3,8,13H,1,4-7,9H2,2H3. The number of halogens is 1. The Hall–Kier alpha value is -0.840. The Kier molecular flexibility index (Phi) is 6.15. The van der Waals surface area contributed by atoms with Gasteiger partial charge in [0.25, 0.3) is 0 Å². The highest BCUT2D eigenvalue weighted by molar-refractivity contribution is 6.29. The minimum atomic E-state index is 0.652. The highest BCUT2D eigenvalue weighted by atomic mass is 35.5. The molecule has 1 aromatic rings. The lowest BCUT2D eigenvalue weighted by atomic mass is 10.4. The smallest absolute Gasteiger partial charge is 0.128 e. The molecule has 1 heterocycles. The number of hydrogen-bond acceptors (Lipinski definition) is 3. The summed E-state index contributed by atoms with van der Waals surface area (Å²) < 4.78 is 7.21. The molecule has 0 fully saturated rings. The van der Waals surface area contributed by atoms with Gasteiger partial charge in [-0.05, 0) is 6.42 Å². The molecule has 0 aliphatic carbocycles. The predicted octanol–water partition coefficient (Wildman–Crippen LogP) is 1.76. The number of nitrogens with one attached hydrogen (secondary N) is 1. The van der Waals surface area contributed by atoms with Gasteiger partial charge in [-0.15, -0.1) is 6.58 Å². The van der Waals surface area contributed by atoms with Crippen LogP contribution in [-0.4, -0.2) is 29.3 Å². The molecule has 5 heteroatoms. The van der Waals surface area contributed by atoms with Gasteiger partial charge in [-0.1, -0.05) is 17.7 Å². The van der Waals surface area contributed by atoms with Crippen molar-refractivity contribution in [3.63, 3.8) is 0 Å². The molecule has 0 saturated carbocycles. The van der Waals surface area contributed by atoms with Gasteiger partial charge in [0.05, 0.1) is 26.0 Å². The van der Waals surface area contributed by atoms with Crippen LogP contribution < -0.4 is 5.32 Å². The van der Waals surface area contributed by atoms with Crippen molar-refractivity contribution in [2.45, 2.75) is 13.0 Å². The molecule has 0 unspecified atom stereocenters. The zero-order chi connectivity index (χ0) is 11.8. The molecular formula is C11H18ClN3O. The average molecular weight is 244 g/mol. The van der Waals surface area contributed by atoms with Crippen LogP contribution in [0.5, 0.6) is 0 Å². The molecule has 0 amide bonds. The molecule has 0 aromatic carbocycles. The fraction of sp³-hybridized carbons (Fsp3) is 0.545. The normalized spacial score (nSPS) is 10.6. The van der Waals surface area contributed by atoms with Crippen molar-refractivity contribution in [2.75, 3.05) is 19.8 Å². The van der Waals surface area contributed by atoms with Gasteiger partial charge in [-0.3, -0.25) is 0 Å². The van der Waals surface area contributed by atoms with Crippen molar-refractivity contribution in [3.05, 3.63) is 29.8 Å². The number of hydrogen-bond donors (Lipinski definition) is 1. The first kappa shape index (κ1) is 13.2. The average Bonchev–Trinajstić information content (AvgIpc) is 2.59. The summed E-state index contributed by atoms with van der Waals surface area (Å²) in [5.41, 5.74) is 0. The lowest BCUT2D eigenvalue weighted by Gasteiger charge is -2.05. The molecule has 1 N–H and O–H groups in total. The van der Waals surface area contributed by atoms with Gasteiger partial charge >= 0.3 is 0 Å². The Bertz CT molecular complexity index is 325. The molecule has 1 rings (SSSR count). The van der Waals surface area contributed by atoms with Gasteiger partial charge in [-0.25, -0.2) is 4.98 Å². The maximum absolute atomic E-state index is 5.87. The highest BCUT2D eigenvalue weighted by Gasteiger charge is 2.02. The van der Waals surface area contributed by atoms with Gasteiger partial charge in [0.2, 0.25) is 0 Å². The minimum Gasteiger partial charge on any atom is -0.380 e. The lowest BCUT2D eigenvalue weighted by Crippen LogP contribution is -2.21. The Morgan fingerprint density at radius 3 is 3.06 bits per heavy atom. The second-order valence-electron chi connectivity index (χ2n) is 3.42. The van der Waals surface area contributed by atoms with Crippen molar-refractivity contribution in [3.8, 4) is 0 Å². The molecular weight excluding hydrogens is 226 g/mol. The summed E-state index contributed by atoms with van der Waals surface area (Å²) in [5.74, 6) is 0.927. The summed E-state index contributed by atoms with van der Waals surface area (Å²) in [6.07, 6.45) is 4.40. The van der Waals surface area contributed by atoms with Crippen molar-refractivity contribution in [2.24, 2.45) is 7.05 Å². The Labute approximate surface area is 101 Å². The highest BCUT2D eigenvalue weighted by Crippen LogP contribution is 2.08. The molecule has 0 saturated heterocycles. The number of rotatable bonds is 8. The van der Waals surface area contributed by atoms with Gasteiger partial charge in [-0.2, -0.15) is 0 Å². The van der Waals surface area contributed by atoms with Crippen molar-refractivity contribution in [1.29, 1.82) is 0 Å². The quantitative estimate of drug-likeness (QED) is 0.559. The summed E-state index contributed by atoms with van der Waals surface area (Å²) in [6, 6.07) is 0. The van der Waals surface area contributed by atoms with E-state index < -0.39 is 0 Å². The number of nitrogens with zero attached hydrogens (tertiary/aromatic N) is 2. The zero-order valence-corrected chi connectivity index (χ0v) is 10.3. The second-order valence-corrected chi connectivity index (χ2v) is 3.81. The SMILES string of the molecule is C=CCCOCCNCc1ncc(Cl)n1C. The van der Waals surface area contributed by atoms with E-state index in [4.69, 9.17) is 16.3 Å². The van der Waals surface area contributed by atoms with Crippen LogP contribution >= 0.6 is 11.6 Å². The summed E-state index contributed by atoms with van der Waals surface area (Å²) in [4.78, 5) is 4.18. The third-order valence-corrected chi connectivity index (χ3v) is 2.55. The summed E-state index contributed by atoms with van der Waals surface area (Å²) >= 11 is 5.87. The van der Waals surface area contributed by atoms with Crippen LogP contribution in [0.25, 0.3) is 0 Å². The minimum absolute atomic E-state index is 0.652. The second kappa shape index (κ2) is 7.44. The van der Waals surface area contributed by atoms with Gasteiger partial charge in [0, 0.05) is 13.6 Å². The predicted molar refractivity (Wildman–Crippen MR) is 65.6 cm³/mol. The van der Waals surface area contributed by atoms with E-state index in [1.165, 1.54) is 0 Å². The number of aromatic nitrogens is 2. The zero-order valence-electron chi connectivity index (χ0n) is 9.58. The first-order chi connectivity index (χ1) is 7.75. The first-order valence-corrected chi connectivity index (χ1v) is 5.69. The molecule has 90 valence electrons. The van der Waals surface area contributed by atoms with E-state index in [2.05, 4.69) is 16.9 Å². The molecule has 0 aliphatic heterocycles. The lowest BCUT2D eigenvalue weighted by molar-refractivity contribution is 0.140. The van der Waals surface area contributed by atoms with Gasteiger partial charge < -0.3 is 14.6 Å². The fourth-order valence-corrected chi connectivity index (χ4v) is 1.35. The maximum Gasteiger partial charge on any atom is 0.128 e. The molecule has 1 aromatic heterocycles. The van der Waals surface area contributed by atoms with E-state index in [9.17, 15) is 0 Å². The fourth-order valence-electron chi connectivity index (χ4n) is 1.20. The van der Waals surface area contributed by atoms with E-state index in [1.54, 1.807) is 6.20 Å². The van der Waals surface area contributed by atoms with Crippen molar-refractivity contribution >= 4 is 11.6 Å². The maximum atomic E-state index is 5.87. The Morgan fingerprint density at radius 1 is 1.62 bits per heavy atom. The summed E-state index contributed by atoms with van der Waals surface area (Å²) in [5, 5.41) is 3.89. The van der Waals surface area contributed by atoms with Crippen LogP contribution in [0, 0.1) is 0 Å². The number of ether oxygens (including phenoxy) is 1. The van der Waals surface area contributed by atoms with Crippen LogP contribution in [0.2, 0.25) is 5.15 Å². The monoisotopic (exact) mass is 243 g/mol. The van der Waals surface area contributed by atoms with E-state index >= 15 is 0 Å².